The molecule has 2 heterocycles. The van der Waals surface area contributed by atoms with E-state index in [-0.39, 0.29) is 11.2 Å². The second-order valence-electron chi connectivity index (χ2n) is 7.69. The quantitative estimate of drug-likeness (QED) is 0.623. The summed E-state index contributed by atoms with van der Waals surface area (Å²) in [6.45, 7) is 8.23. The van der Waals surface area contributed by atoms with Gasteiger partial charge in [-0.1, -0.05) is 13.8 Å². The van der Waals surface area contributed by atoms with E-state index in [0.717, 1.165) is 23.6 Å². The molecule has 6 nitrogen and oxygen atoms in total. The van der Waals surface area contributed by atoms with Gasteiger partial charge in [0, 0.05) is 13.1 Å². The summed E-state index contributed by atoms with van der Waals surface area (Å²) >= 11 is 0. The number of methoxy groups -OCH3 is 1. The Bertz CT molecular complexity index is 1090. The molecule has 2 aromatic carbocycles. The standard InChI is InChI=1S/C23H25NO5/c1-14(2)11-24-12-19-20(27-13-24)10-9-18-21(25)22(15(3)28-23(18)19)29-17-7-5-16(26-4)6-8-17/h5-10,14H,11-13H2,1-4H3. The molecule has 1 aliphatic rings. The van der Waals surface area contributed by atoms with Gasteiger partial charge in [0.15, 0.2) is 0 Å². The highest BCUT2D eigenvalue weighted by Gasteiger charge is 2.24. The Kier molecular flexibility index (Phi) is 5.20. The van der Waals surface area contributed by atoms with Crippen LogP contribution in [0, 0.1) is 12.8 Å². The first-order valence-electron chi connectivity index (χ1n) is 9.72. The molecule has 0 spiro atoms. The lowest BCUT2D eigenvalue weighted by Gasteiger charge is -2.30. The van der Waals surface area contributed by atoms with Crippen molar-refractivity contribution in [2.75, 3.05) is 20.4 Å². The molecule has 0 unspecified atom stereocenters. The van der Waals surface area contributed by atoms with Crippen molar-refractivity contribution in [3.05, 3.63) is 57.9 Å². The van der Waals surface area contributed by atoms with Crippen molar-refractivity contribution in [3.63, 3.8) is 0 Å². The van der Waals surface area contributed by atoms with Crippen LogP contribution in [-0.2, 0) is 6.54 Å². The summed E-state index contributed by atoms with van der Waals surface area (Å²) in [5.74, 6) is 3.19. The first-order chi connectivity index (χ1) is 14.0. The number of benzene rings is 2. The maximum absolute atomic E-state index is 13.2. The summed E-state index contributed by atoms with van der Waals surface area (Å²) in [6.07, 6.45) is 0. The topological polar surface area (TPSA) is 61.1 Å². The summed E-state index contributed by atoms with van der Waals surface area (Å²) in [5.41, 5.74) is 1.29. The Morgan fingerprint density at radius 3 is 2.52 bits per heavy atom. The highest BCUT2D eigenvalue weighted by molar-refractivity contribution is 5.83. The molecule has 1 aliphatic heterocycles. The first kappa shape index (κ1) is 19.3. The van der Waals surface area contributed by atoms with Crippen LogP contribution in [0.5, 0.6) is 23.0 Å². The van der Waals surface area contributed by atoms with Gasteiger partial charge in [0.1, 0.15) is 35.3 Å². The van der Waals surface area contributed by atoms with E-state index < -0.39 is 0 Å². The molecule has 3 aromatic rings. The van der Waals surface area contributed by atoms with E-state index >= 15 is 0 Å². The number of hydrogen-bond donors (Lipinski definition) is 0. The fourth-order valence-corrected chi connectivity index (χ4v) is 3.62. The molecule has 0 bridgehead atoms. The normalized spacial score (nSPS) is 14.0. The van der Waals surface area contributed by atoms with Crippen LogP contribution in [0.2, 0.25) is 0 Å². The highest BCUT2D eigenvalue weighted by atomic mass is 16.5. The van der Waals surface area contributed by atoms with Crippen LogP contribution < -0.4 is 19.6 Å². The Hall–Kier alpha value is -2.99. The monoisotopic (exact) mass is 395 g/mol. The fourth-order valence-electron chi connectivity index (χ4n) is 3.62. The van der Waals surface area contributed by atoms with Crippen LogP contribution in [0.4, 0.5) is 0 Å². The third kappa shape index (κ3) is 3.80. The first-order valence-corrected chi connectivity index (χ1v) is 9.72. The zero-order valence-corrected chi connectivity index (χ0v) is 17.2. The van der Waals surface area contributed by atoms with Crippen LogP contribution in [-0.4, -0.2) is 25.3 Å². The third-order valence-corrected chi connectivity index (χ3v) is 4.93. The summed E-state index contributed by atoms with van der Waals surface area (Å²) in [5, 5.41) is 0.493. The van der Waals surface area contributed by atoms with Crippen molar-refractivity contribution in [3.8, 4) is 23.0 Å². The van der Waals surface area contributed by atoms with E-state index in [1.165, 1.54) is 0 Å². The molecule has 4 rings (SSSR count). The minimum absolute atomic E-state index is 0.191. The van der Waals surface area contributed by atoms with Gasteiger partial charge in [-0.2, -0.15) is 0 Å². The van der Waals surface area contributed by atoms with E-state index in [1.807, 2.05) is 6.07 Å². The second-order valence-corrected chi connectivity index (χ2v) is 7.69. The Labute approximate surface area is 169 Å². The fraction of sp³-hybridized carbons (Fsp3) is 0.348. The maximum Gasteiger partial charge on any atom is 0.235 e. The molecule has 0 N–H and O–H groups in total. The average Bonchev–Trinajstić information content (AvgIpc) is 2.71. The highest BCUT2D eigenvalue weighted by Crippen LogP contribution is 2.34. The van der Waals surface area contributed by atoms with Crippen LogP contribution in [0.3, 0.4) is 0 Å². The number of aryl methyl sites for hydroxylation is 1. The lowest BCUT2D eigenvalue weighted by Crippen LogP contribution is -2.34. The van der Waals surface area contributed by atoms with Crippen LogP contribution in [0.1, 0.15) is 25.2 Å². The van der Waals surface area contributed by atoms with Crippen molar-refractivity contribution >= 4 is 11.0 Å². The van der Waals surface area contributed by atoms with E-state index in [4.69, 9.17) is 18.6 Å². The average molecular weight is 395 g/mol. The van der Waals surface area contributed by atoms with Gasteiger partial charge in [-0.25, -0.2) is 0 Å². The lowest BCUT2D eigenvalue weighted by atomic mass is 10.1. The molecule has 0 radical (unpaired) electrons. The molecular formula is C23H25NO5. The molecule has 0 saturated heterocycles. The Balaban J connectivity index is 1.73. The van der Waals surface area contributed by atoms with E-state index in [2.05, 4.69) is 18.7 Å². The predicted octanol–water partition coefficient (Wildman–Crippen LogP) is 4.71. The molecule has 0 saturated carbocycles. The van der Waals surface area contributed by atoms with Gasteiger partial charge < -0.3 is 18.6 Å². The molecule has 0 amide bonds. The summed E-state index contributed by atoms with van der Waals surface area (Å²) in [6, 6.07) is 10.7. The SMILES string of the molecule is COc1ccc(Oc2c(C)oc3c4c(ccc3c2=O)OCN(CC(C)C)C4)cc1. The molecule has 152 valence electrons. The molecule has 1 aromatic heterocycles. The number of fused-ring (bicyclic) bond motifs is 3. The third-order valence-electron chi connectivity index (χ3n) is 4.93. The Morgan fingerprint density at radius 1 is 1.10 bits per heavy atom. The van der Waals surface area contributed by atoms with Crippen molar-refractivity contribution in [2.24, 2.45) is 5.92 Å². The second kappa shape index (κ2) is 7.79. The van der Waals surface area contributed by atoms with Crippen molar-refractivity contribution in [1.82, 2.24) is 4.90 Å². The zero-order chi connectivity index (χ0) is 20.5. The number of rotatable bonds is 5. The summed E-state index contributed by atoms with van der Waals surface area (Å²) < 4.78 is 23.0. The van der Waals surface area contributed by atoms with Crippen molar-refractivity contribution < 1.29 is 18.6 Å². The van der Waals surface area contributed by atoms with Crippen LogP contribution in [0.25, 0.3) is 11.0 Å². The molecule has 0 fully saturated rings. The smallest absolute Gasteiger partial charge is 0.235 e. The van der Waals surface area contributed by atoms with Gasteiger partial charge >= 0.3 is 0 Å². The van der Waals surface area contributed by atoms with E-state index in [1.54, 1.807) is 44.4 Å². The van der Waals surface area contributed by atoms with Gasteiger partial charge in [-0.3, -0.25) is 9.69 Å². The van der Waals surface area contributed by atoms with Crippen LogP contribution in [0.15, 0.2) is 45.6 Å². The van der Waals surface area contributed by atoms with Gasteiger partial charge in [0.25, 0.3) is 0 Å². The summed E-state index contributed by atoms with van der Waals surface area (Å²) in [7, 11) is 1.60. The van der Waals surface area contributed by atoms with E-state index in [9.17, 15) is 4.79 Å². The summed E-state index contributed by atoms with van der Waals surface area (Å²) in [4.78, 5) is 15.4. The number of ether oxygens (including phenoxy) is 3. The molecule has 0 atom stereocenters. The minimum atomic E-state index is -0.191. The van der Waals surface area contributed by atoms with Gasteiger partial charge in [-0.05, 0) is 49.2 Å². The number of hydrogen-bond acceptors (Lipinski definition) is 6. The molecule has 6 heteroatoms. The van der Waals surface area contributed by atoms with Gasteiger partial charge in [-0.15, -0.1) is 0 Å². The molecule has 0 aliphatic carbocycles. The van der Waals surface area contributed by atoms with Gasteiger partial charge in [0.05, 0.1) is 18.1 Å². The predicted molar refractivity (Wildman–Crippen MR) is 111 cm³/mol. The van der Waals surface area contributed by atoms with Crippen molar-refractivity contribution in [2.45, 2.75) is 27.3 Å². The van der Waals surface area contributed by atoms with E-state index in [0.29, 0.717) is 41.7 Å². The largest absolute Gasteiger partial charge is 0.497 e. The van der Waals surface area contributed by atoms with Crippen LogP contribution >= 0.6 is 0 Å². The maximum atomic E-state index is 13.2. The minimum Gasteiger partial charge on any atom is -0.497 e. The van der Waals surface area contributed by atoms with Crippen molar-refractivity contribution in [1.29, 1.82) is 0 Å². The van der Waals surface area contributed by atoms with Gasteiger partial charge in [0.2, 0.25) is 11.2 Å². The molecule has 29 heavy (non-hydrogen) atoms. The lowest BCUT2D eigenvalue weighted by molar-refractivity contribution is 0.0848. The zero-order valence-electron chi connectivity index (χ0n) is 17.2. The Morgan fingerprint density at radius 2 is 1.83 bits per heavy atom. The molecular weight excluding hydrogens is 370 g/mol. The number of nitrogens with zero attached hydrogens (tertiary/aromatic N) is 1.